The molecule has 218 valence electrons. The number of nitrogens with one attached hydrogen (secondary N) is 1. The molecule has 1 saturated heterocycles. The molecule has 6 nitrogen and oxygen atoms in total. The second-order valence-corrected chi connectivity index (χ2v) is 13.9. The number of benzene rings is 1. The fourth-order valence-corrected chi connectivity index (χ4v) is 7.43. The van der Waals surface area contributed by atoms with E-state index in [1.165, 1.54) is 18.2 Å². The molecule has 1 heterocycles. The van der Waals surface area contributed by atoms with E-state index in [4.69, 9.17) is 4.74 Å². The molecule has 4 fully saturated rings. The van der Waals surface area contributed by atoms with Crippen molar-refractivity contribution in [2.75, 3.05) is 13.1 Å². The Bertz CT molecular complexity index is 1370. The van der Waals surface area contributed by atoms with Gasteiger partial charge < -0.3 is 4.74 Å². The summed E-state index contributed by atoms with van der Waals surface area (Å²) in [7, 11) is -3.80. The van der Waals surface area contributed by atoms with Crippen LogP contribution >= 0.6 is 0 Å². The molecule has 0 bridgehead atoms. The number of allylic oxidation sites excluding steroid dienone is 2. The van der Waals surface area contributed by atoms with E-state index in [9.17, 15) is 30.8 Å². The van der Waals surface area contributed by atoms with Gasteiger partial charge in [-0.3, -0.25) is 14.4 Å². The molecular weight excluding hydrogens is 555 g/mol. The van der Waals surface area contributed by atoms with E-state index < -0.39 is 50.8 Å². The first-order valence-electron chi connectivity index (χ1n) is 13.7. The fourth-order valence-electron chi connectivity index (χ4n) is 6.09. The van der Waals surface area contributed by atoms with Crippen LogP contribution in [0.25, 0.3) is 0 Å². The van der Waals surface area contributed by atoms with Crippen LogP contribution in [0.2, 0.25) is 0 Å². The second kappa shape index (κ2) is 9.82. The molecule has 1 spiro atoms. The lowest BCUT2D eigenvalue weighted by molar-refractivity contribution is -0.138. The van der Waals surface area contributed by atoms with Crippen molar-refractivity contribution in [3.05, 3.63) is 58.6 Å². The van der Waals surface area contributed by atoms with Gasteiger partial charge in [-0.2, -0.15) is 13.2 Å². The number of likely N-dealkylation sites (tertiary alicyclic amines) is 1. The van der Waals surface area contributed by atoms with Gasteiger partial charge >= 0.3 is 6.18 Å². The van der Waals surface area contributed by atoms with Crippen LogP contribution in [0.1, 0.15) is 56.1 Å². The predicted molar refractivity (Wildman–Crippen MR) is 135 cm³/mol. The van der Waals surface area contributed by atoms with Crippen LogP contribution in [0.4, 0.5) is 22.0 Å². The number of piperidine rings is 1. The van der Waals surface area contributed by atoms with Crippen molar-refractivity contribution in [3.8, 4) is 0 Å². The Labute approximate surface area is 229 Å². The van der Waals surface area contributed by atoms with E-state index in [0.29, 0.717) is 49.8 Å². The standard InChI is InChI=1S/C28H31F5N2O4S/c29-18-5-4-17(22(10-18)28(31,32)33)14-35-9-1-8-27(15-35)13-25(27)39-24-12-23(30)21(11-20(24)16-2-3-16)26(36)34-40(37,38)19-6-7-19/h4-5,10-12,16,19,21,23,25H,1-3,6-9,13-15H2,(H,34,36)/t21?,23?,25-,27?/m1/s1. The largest absolute Gasteiger partial charge is 0.490 e. The van der Waals surface area contributed by atoms with Crippen molar-refractivity contribution in [2.24, 2.45) is 17.3 Å². The van der Waals surface area contributed by atoms with E-state index in [-0.39, 0.29) is 29.5 Å². The molecule has 1 aliphatic heterocycles. The van der Waals surface area contributed by atoms with Crippen LogP contribution in [0, 0.1) is 23.1 Å². The summed E-state index contributed by atoms with van der Waals surface area (Å²) in [6, 6.07) is 2.75. The zero-order valence-corrected chi connectivity index (χ0v) is 22.5. The van der Waals surface area contributed by atoms with Crippen LogP contribution in [-0.4, -0.2) is 49.8 Å². The van der Waals surface area contributed by atoms with E-state index in [1.54, 1.807) is 0 Å². The first-order valence-corrected chi connectivity index (χ1v) is 15.3. The van der Waals surface area contributed by atoms with Gasteiger partial charge in [-0.05, 0) is 86.8 Å². The Morgan fingerprint density at radius 3 is 2.58 bits per heavy atom. The normalized spacial score (nSPS) is 31.0. The summed E-state index contributed by atoms with van der Waals surface area (Å²) < 4.78 is 102. The van der Waals surface area contributed by atoms with Gasteiger partial charge in [-0.1, -0.05) is 12.1 Å². The van der Waals surface area contributed by atoms with E-state index in [1.807, 2.05) is 9.62 Å². The number of nitrogens with zero attached hydrogens (tertiary/aromatic N) is 1. The molecule has 4 atom stereocenters. The number of rotatable bonds is 8. The van der Waals surface area contributed by atoms with Gasteiger partial charge in [0.15, 0.2) is 0 Å². The van der Waals surface area contributed by atoms with Crippen molar-refractivity contribution in [2.45, 2.75) is 75.2 Å². The summed E-state index contributed by atoms with van der Waals surface area (Å²) >= 11 is 0. The molecule has 6 rings (SSSR count). The third kappa shape index (κ3) is 5.66. The van der Waals surface area contributed by atoms with Gasteiger partial charge in [0.05, 0.1) is 16.7 Å². The first-order chi connectivity index (χ1) is 18.8. The lowest BCUT2D eigenvalue weighted by Crippen LogP contribution is -2.41. The Morgan fingerprint density at radius 1 is 1.15 bits per heavy atom. The molecule has 40 heavy (non-hydrogen) atoms. The van der Waals surface area contributed by atoms with Crippen LogP contribution in [0.3, 0.4) is 0 Å². The van der Waals surface area contributed by atoms with Crippen molar-refractivity contribution in [1.29, 1.82) is 0 Å². The van der Waals surface area contributed by atoms with Crippen molar-refractivity contribution < 1.29 is 39.9 Å². The topological polar surface area (TPSA) is 75.7 Å². The summed E-state index contributed by atoms with van der Waals surface area (Å²) in [5.74, 6) is -2.57. The minimum absolute atomic E-state index is 0.0197. The highest BCUT2D eigenvalue weighted by Crippen LogP contribution is 2.56. The number of halogens is 5. The van der Waals surface area contributed by atoms with Crippen molar-refractivity contribution in [3.63, 3.8) is 0 Å². The molecule has 1 aromatic rings. The maximum Gasteiger partial charge on any atom is 0.416 e. The Hall–Kier alpha value is -2.47. The van der Waals surface area contributed by atoms with E-state index in [0.717, 1.165) is 31.7 Å². The zero-order valence-electron chi connectivity index (χ0n) is 21.7. The van der Waals surface area contributed by atoms with Crippen molar-refractivity contribution in [1.82, 2.24) is 9.62 Å². The molecule has 1 amide bonds. The van der Waals surface area contributed by atoms with Gasteiger partial charge in [0.1, 0.15) is 23.9 Å². The molecule has 0 radical (unpaired) electrons. The smallest absolute Gasteiger partial charge is 0.416 e. The molecular formula is C28H31F5N2O4S. The number of amides is 1. The van der Waals surface area contributed by atoms with Gasteiger partial charge in [0, 0.05) is 18.5 Å². The molecule has 1 aromatic carbocycles. The van der Waals surface area contributed by atoms with E-state index >= 15 is 4.39 Å². The third-order valence-corrected chi connectivity index (χ3v) is 10.5. The summed E-state index contributed by atoms with van der Waals surface area (Å²) in [4.78, 5) is 14.6. The molecule has 5 aliphatic rings. The van der Waals surface area contributed by atoms with Crippen LogP contribution in [-0.2, 0) is 32.3 Å². The highest BCUT2D eigenvalue weighted by molar-refractivity contribution is 7.90. The molecule has 1 N–H and O–H groups in total. The highest BCUT2D eigenvalue weighted by Gasteiger charge is 2.58. The maximum absolute atomic E-state index is 15.2. The van der Waals surface area contributed by atoms with Gasteiger partial charge in [0.2, 0.25) is 15.9 Å². The number of carbonyl (C=O) groups excluding carboxylic acids is 1. The van der Waals surface area contributed by atoms with Gasteiger partial charge in [0.25, 0.3) is 0 Å². The average molecular weight is 587 g/mol. The SMILES string of the molecule is O=C(NS(=O)(=O)C1CC1)C1C=C(C2CC2)C(O[C@@H]2CC23CCCN(Cc2ccc(F)cc2C(F)(F)F)C3)=CC1F. The van der Waals surface area contributed by atoms with Crippen LogP contribution in [0.5, 0.6) is 0 Å². The Kier molecular flexibility index (Phi) is 6.80. The summed E-state index contributed by atoms with van der Waals surface area (Å²) in [6.07, 6.45) is 1.08. The number of hydrogen-bond acceptors (Lipinski definition) is 5. The summed E-state index contributed by atoms with van der Waals surface area (Å²) in [6.45, 7) is 1.14. The number of sulfonamides is 1. The highest BCUT2D eigenvalue weighted by atomic mass is 32.2. The average Bonchev–Trinajstić information content (AvgIpc) is 3.73. The lowest BCUT2D eigenvalue weighted by Gasteiger charge is -2.34. The third-order valence-electron chi connectivity index (χ3n) is 8.67. The zero-order chi connectivity index (χ0) is 28.4. The molecule has 4 aliphatic carbocycles. The summed E-state index contributed by atoms with van der Waals surface area (Å²) in [5.41, 5.74) is -0.510. The lowest BCUT2D eigenvalue weighted by atomic mass is 9.90. The second-order valence-electron chi connectivity index (χ2n) is 11.9. The molecule has 3 unspecified atom stereocenters. The number of hydrogen-bond donors (Lipinski definition) is 1. The number of ether oxygens (including phenoxy) is 1. The Balaban J connectivity index is 1.12. The molecule has 3 saturated carbocycles. The molecule has 12 heteroatoms. The fraction of sp³-hybridized carbons (Fsp3) is 0.607. The van der Waals surface area contributed by atoms with Gasteiger partial charge in [-0.15, -0.1) is 0 Å². The maximum atomic E-state index is 15.2. The number of alkyl halides is 4. The predicted octanol–water partition coefficient (Wildman–Crippen LogP) is 5.01. The van der Waals surface area contributed by atoms with Gasteiger partial charge in [-0.25, -0.2) is 17.2 Å². The van der Waals surface area contributed by atoms with Crippen LogP contribution < -0.4 is 4.72 Å². The number of carbonyl (C=O) groups is 1. The quantitative estimate of drug-likeness (QED) is 0.434. The molecule has 0 aromatic heterocycles. The minimum Gasteiger partial charge on any atom is -0.490 e. The van der Waals surface area contributed by atoms with E-state index in [2.05, 4.69) is 0 Å². The van der Waals surface area contributed by atoms with Crippen LogP contribution in [0.15, 0.2) is 41.7 Å². The Morgan fingerprint density at radius 2 is 1.90 bits per heavy atom. The summed E-state index contributed by atoms with van der Waals surface area (Å²) in [5, 5.41) is -0.594. The minimum atomic E-state index is -4.66. The monoisotopic (exact) mass is 586 g/mol. The van der Waals surface area contributed by atoms with Crippen molar-refractivity contribution >= 4 is 15.9 Å². The first kappa shape index (κ1) is 27.7.